The molecule has 30 heavy (non-hydrogen) atoms. The van der Waals surface area contributed by atoms with Crippen molar-refractivity contribution in [2.24, 2.45) is 0 Å². The molecule has 0 fully saturated rings. The molecule has 0 spiro atoms. The zero-order chi connectivity index (χ0) is 21.3. The molecule has 1 aliphatic heterocycles. The first kappa shape index (κ1) is 22.2. The van der Waals surface area contributed by atoms with Crippen LogP contribution in [0, 0.1) is 11.6 Å². The van der Waals surface area contributed by atoms with E-state index in [2.05, 4.69) is 24.1 Å². The van der Waals surface area contributed by atoms with Gasteiger partial charge in [0, 0.05) is 12.6 Å². The van der Waals surface area contributed by atoms with Gasteiger partial charge in [0.1, 0.15) is 11.6 Å². The summed E-state index contributed by atoms with van der Waals surface area (Å²) in [6.07, 6.45) is 6.41. The second-order valence-corrected chi connectivity index (χ2v) is 7.40. The van der Waals surface area contributed by atoms with Gasteiger partial charge in [0.05, 0.1) is 24.3 Å². The van der Waals surface area contributed by atoms with Crippen molar-refractivity contribution in [1.82, 2.24) is 10.3 Å². The topological polar surface area (TPSA) is 43.4 Å². The maximum Gasteiger partial charge on any atom is 0.224 e. The fourth-order valence-electron chi connectivity index (χ4n) is 3.34. The summed E-state index contributed by atoms with van der Waals surface area (Å²) in [4.78, 5) is 4.39. The first-order chi connectivity index (χ1) is 14.6. The van der Waals surface area contributed by atoms with Crippen molar-refractivity contribution in [1.29, 1.82) is 0 Å². The quantitative estimate of drug-likeness (QED) is 0.500. The predicted molar refractivity (Wildman–Crippen MR) is 116 cm³/mol. The third-order valence-corrected chi connectivity index (χ3v) is 5.07. The summed E-state index contributed by atoms with van der Waals surface area (Å²) in [5.41, 5.74) is 1.72. The minimum absolute atomic E-state index is 0.118. The highest BCUT2D eigenvalue weighted by molar-refractivity contribution is 5.74. The molecule has 0 bridgehead atoms. The van der Waals surface area contributed by atoms with Crippen LogP contribution >= 0.6 is 0 Å². The number of hydrogen-bond donors (Lipinski definition) is 1. The molecule has 1 aromatic heterocycles. The number of halogens is 2. The first-order valence-electron chi connectivity index (χ1n) is 10.8. The first-order valence-corrected chi connectivity index (χ1v) is 10.8. The average molecular weight is 417 g/mol. The summed E-state index contributed by atoms with van der Waals surface area (Å²) < 4.78 is 41.6. The van der Waals surface area contributed by atoms with Gasteiger partial charge in [-0.25, -0.2) is 8.78 Å². The van der Waals surface area contributed by atoms with E-state index in [4.69, 9.17) is 9.47 Å². The van der Waals surface area contributed by atoms with Gasteiger partial charge in [-0.1, -0.05) is 32.8 Å². The maximum absolute atomic E-state index is 15.1. The number of nitrogens with zero attached hydrogens (tertiary/aromatic N) is 1. The predicted octanol–water partition coefficient (Wildman–Crippen LogP) is 5.76. The highest BCUT2D eigenvalue weighted by atomic mass is 19.1. The smallest absolute Gasteiger partial charge is 0.224 e. The molecule has 2 heterocycles. The van der Waals surface area contributed by atoms with Gasteiger partial charge >= 0.3 is 0 Å². The Labute approximate surface area is 177 Å². The lowest BCUT2D eigenvalue weighted by atomic mass is 9.96. The zero-order valence-corrected chi connectivity index (χ0v) is 17.8. The van der Waals surface area contributed by atoms with Crippen LogP contribution in [0.1, 0.15) is 51.5 Å². The van der Waals surface area contributed by atoms with E-state index in [1.54, 1.807) is 12.1 Å². The SMILES string of the molecule is CCCCOc1ccc(-c2c(F)cc(C3=CCNCC3)cc2F)c(OCCCC)n1. The van der Waals surface area contributed by atoms with Crippen LogP contribution in [0.5, 0.6) is 11.8 Å². The van der Waals surface area contributed by atoms with Crippen LogP contribution in [0.2, 0.25) is 0 Å². The number of aromatic nitrogens is 1. The lowest BCUT2D eigenvalue weighted by molar-refractivity contribution is 0.273. The highest BCUT2D eigenvalue weighted by Crippen LogP contribution is 2.36. The van der Waals surface area contributed by atoms with Gasteiger partial charge in [-0.15, -0.1) is 0 Å². The van der Waals surface area contributed by atoms with Crippen LogP contribution < -0.4 is 14.8 Å². The van der Waals surface area contributed by atoms with E-state index in [1.165, 1.54) is 12.1 Å². The molecule has 0 radical (unpaired) electrons. The molecular weight excluding hydrogens is 386 g/mol. The van der Waals surface area contributed by atoms with Crippen LogP contribution in [0.25, 0.3) is 16.7 Å². The molecule has 0 saturated heterocycles. The highest BCUT2D eigenvalue weighted by Gasteiger charge is 2.20. The van der Waals surface area contributed by atoms with Crippen molar-refractivity contribution < 1.29 is 18.3 Å². The molecular formula is C24H30F2N2O2. The molecule has 1 aromatic carbocycles. The molecule has 1 aliphatic rings. The summed E-state index contributed by atoms with van der Waals surface area (Å²) >= 11 is 0. The van der Waals surface area contributed by atoms with Gasteiger partial charge in [-0.3, -0.25) is 0 Å². The molecule has 0 aliphatic carbocycles. The Bertz CT molecular complexity index is 860. The van der Waals surface area contributed by atoms with Gasteiger partial charge in [-0.2, -0.15) is 4.98 Å². The number of rotatable bonds is 10. The van der Waals surface area contributed by atoms with Gasteiger partial charge in [-0.05, 0) is 55.1 Å². The minimum atomic E-state index is -0.619. The number of ether oxygens (including phenoxy) is 2. The summed E-state index contributed by atoms with van der Waals surface area (Å²) in [6, 6.07) is 6.06. The van der Waals surface area contributed by atoms with E-state index in [0.29, 0.717) is 36.8 Å². The van der Waals surface area contributed by atoms with Crippen LogP contribution in [0.4, 0.5) is 8.78 Å². The van der Waals surface area contributed by atoms with E-state index in [9.17, 15) is 0 Å². The van der Waals surface area contributed by atoms with Crippen molar-refractivity contribution in [2.75, 3.05) is 26.3 Å². The molecule has 0 unspecified atom stereocenters. The van der Waals surface area contributed by atoms with Crippen molar-refractivity contribution in [3.63, 3.8) is 0 Å². The Morgan fingerprint density at radius 3 is 2.33 bits per heavy atom. The summed E-state index contributed by atoms with van der Waals surface area (Å²) in [5.74, 6) is -0.641. The van der Waals surface area contributed by atoms with Gasteiger partial charge < -0.3 is 14.8 Å². The number of nitrogens with one attached hydrogen (secondary N) is 1. The van der Waals surface area contributed by atoms with E-state index in [-0.39, 0.29) is 11.4 Å². The number of unbranched alkanes of at least 4 members (excludes halogenated alkanes) is 2. The Morgan fingerprint density at radius 2 is 1.70 bits per heavy atom. The third kappa shape index (κ3) is 5.57. The van der Waals surface area contributed by atoms with E-state index < -0.39 is 11.6 Å². The molecule has 0 atom stereocenters. The summed E-state index contributed by atoms with van der Waals surface area (Å²) in [5, 5.41) is 3.21. The maximum atomic E-state index is 15.1. The van der Waals surface area contributed by atoms with E-state index in [1.807, 2.05) is 6.08 Å². The van der Waals surface area contributed by atoms with Crippen molar-refractivity contribution >= 4 is 5.57 Å². The number of benzene rings is 1. The second kappa shape index (κ2) is 11.1. The Hall–Kier alpha value is -2.47. The fourth-order valence-corrected chi connectivity index (χ4v) is 3.34. The Morgan fingerprint density at radius 1 is 1.00 bits per heavy atom. The van der Waals surface area contributed by atoms with Crippen molar-refractivity contribution in [3.05, 3.63) is 47.5 Å². The van der Waals surface area contributed by atoms with E-state index >= 15 is 8.78 Å². The standard InChI is InChI=1S/C24H30F2N2O2/c1-3-5-13-29-22-8-7-19(24(28-22)30-14-6-4-2)23-20(25)15-18(16-21(23)26)17-9-11-27-12-10-17/h7-9,15-16,27H,3-6,10-14H2,1-2H3. The Balaban J connectivity index is 1.95. The number of pyridine rings is 1. The normalized spacial score (nSPS) is 13.8. The molecule has 6 heteroatoms. The number of hydrogen-bond acceptors (Lipinski definition) is 4. The molecule has 0 amide bonds. The monoisotopic (exact) mass is 416 g/mol. The van der Waals surface area contributed by atoms with Gasteiger partial charge in [0.15, 0.2) is 0 Å². The van der Waals surface area contributed by atoms with Crippen molar-refractivity contribution in [2.45, 2.75) is 46.0 Å². The van der Waals surface area contributed by atoms with Crippen LogP contribution in [-0.4, -0.2) is 31.3 Å². The zero-order valence-electron chi connectivity index (χ0n) is 17.8. The molecule has 0 saturated carbocycles. The van der Waals surface area contributed by atoms with E-state index in [0.717, 1.165) is 44.2 Å². The fraction of sp³-hybridized carbons (Fsp3) is 0.458. The summed E-state index contributed by atoms with van der Waals surface area (Å²) in [7, 11) is 0. The van der Waals surface area contributed by atoms with Crippen LogP contribution in [0.3, 0.4) is 0 Å². The van der Waals surface area contributed by atoms with Crippen LogP contribution in [-0.2, 0) is 0 Å². The lowest BCUT2D eigenvalue weighted by Gasteiger charge is -2.17. The molecule has 2 aromatic rings. The minimum Gasteiger partial charge on any atom is -0.478 e. The molecule has 3 rings (SSSR count). The lowest BCUT2D eigenvalue weighted by Crippen LogP contribution is -2.20. The summed E-state index contributed by atoms with van der Waals surface area (Å²) in [6.45, 7) is 6.60. The largest absolute Gasteiger partial charge is 0.478 e. The third-order valence-electron chi connectivity index (χ3n) is 5.07. The molecule has 4 nitrogen and oxygen atoms in total. The second-order valence-electron chi connectivity index (χ2n) is 7.40. The molecule has 1 N–H and O–H groups in total. The van der Waals surface area contributed by atoms with Crippen molar-refractivity contribution in [3.8, 4) is 22.9 Å². The van der Waals surface area contributed by atoms with Gasteiger partial charge in [0.25, 0.3) is 0 Å². The average Bonchev–Trinajstić information content (AvgIpc) is 2.75. The Kier molecular flexibility index (Phi) is 8.20. The van der Waals surface area contributed by atoms with Crippen LogP contribution in [0.15, 0.2) is 30.3 Å². The van der Waals surface area contributed by atoms with Gasteiger partial charge in [0.2, 0.25) is 11.8 Å². The molecule has 162 valence electrons.